The number of hydrogen-bond acceptors (Lipinski definition) is 6. The van der Waals surface area contributed by atoms with Gasteiger partial charge in [0.25, 0.3) is 0 Å². The SMILES string of the molecule is COCCN(C)CCOc1ccc(Cn2c(-c3cc(C(C)C)ccc3O)n[nH]c2=S)cc1. The molecule has 0 unspecified atom stereocenters. The third kappa shape index (κ3) is 6.18. The number of aromatic amines is 1. The Morgan fingerprint density at radius 2 is 1.84 bits per heavy atom. The molecule has 0 radical (unpaired) electrons. The third-order valence-corrected chi connectivity index (χ3v) is 5.68. The molecule has 0 saturated carbocycles. The van der Waals surface area contributed by atoms with Crippen molar-refractivity contribution in [1.29, 1.82) is 0 Å². The fourth-order valence-corrected chi connectivity index (χ4v) is 3.51. The molecule has 1 heterocycles. The second-order valence-electron chi connectivity index (χ2n) is 8.16. The monoisotopic (exact) mass is 456 g/mol. The summed E-state index contributed by atoms with van der Waals surface area (Å²) in [5.74, 6) is 1.97. The molecule has 1 aromatic heterocycles. The van der Waals surface area contributed by atoms with Gasteiger partial charge < -0.3 is 19.5 Å². The van der Waals surface area contributed by atoms with E-state index in [-0.39, 0.29) is 5.75 Å². The highest BCUT2D eigenvalue weighted by Gasteiger charge is 2.15. The number of likely N-dealkylation sites (N-methyl/N-ethyl adjacent to an activating group) is 1. The van der Waals surface area contributed by atoms with Gasteiger partial charge in [-0.15, -0.1) is 0 Å². The van der Waals surface area contributed by atoms with Gasteiger partial charge >= 0.3 is 0 Å². The lowest BCUT2D eigenvalue weighted by Gasteiger charge is -2.16. The number of rotatable bonds is 11. The molecular formula is C24H32N4O3S. The molecule has 0 bridgehead atoms. The van der Waals surface area contributed by atoms with Crippen LogP contribution in [0.4, 0.5) is 0 Å². The molecule has 32 heavy (non-hydrogen) atoms. The van der Waals surface area contributed by atoms with Crippen LogP contribution in [0.25, 0.3) is 11.4 Å². The predicted molar refractivity (Wildman–Crippen MR) is 129 cm³/mol. The Bertz CT molecular complexity index is 1060. The van der Waals surface area contributed by atoms with Crippen LogP contribution in [0, 0.1) is 4.77 Å². The summed E-state index contributed by atoms with van der Waals surface area (Å²) >= 11 is 5.46. The number of methoxy groups -OCH3 is 1. The van der Waals surface area contributed by atoms with Crippen molar-refractivity contribution in [3.63, 3.8) is 0 Å². The lowest BCUT2D eigenvalue weighted by molar-refractivity contribution is 0.150. The first kappa shape index (κ1) is 24.0. The van der Waals surface area contributed by atoms with Gasteiger partial charge in [-0.05, 0) is 60.6 Å². The van der Waals surface area contributed by atoms with Crippen LogP contribution in [0.2, 0.25) is 0 Å². The molecule has 7 nitrogen and oxygen atoms in total. The van der Waals surface area contributed by atoms with Gasteiger partial charge in [0.15, 0.2) is 10.6 Å². The van der Waals surface area contributed by atoms with E-state index in [1.165, 1.54) is 0 Å². The van der Waals surface area contributed by atoms with Gasteiger partial charge in [-0.3, -0.25) is 9.67 Å². The number of benzene rings is 2. The molecule has 8 heteroatoms. The zero-order chi connectivity index (χ0) is 23.1. The predicted octanol–water partition coefficient (Wildman–Crippen LogP) is 4.44. The molecule has 2 aromatic carbocycles. The van der Waals surface area contributed by atoms with Crippen molar-refractivity contribution in [2.75, 3.05) is 40.5 Å². The standard InChI is InChI=1S/C24H32N4O3S/c1-17(2)19-7-10-22(29)21(15-19)23-25-26-24(32)28(23)16-18-5-8-20(9-6-18)31-14-12-27(3)11-13-30-4/h5-10,15,17,29H,11-14,16H2,1-4H3,(H,26,32). The number of hydrogen-bond donors (Lipinski definition) is 2. The van der Waals surface area contributed by atoms with Crippen molar-refractivity contribution in [1.82, 2.24) is 19.7 Å². The molecule has 3 rings (SSSR count). The molecule has 0 amide bonds. The van der Waals surface area contributed by atoms with Crippen LogP contribution in [-0.4, -0.2) is 65.2 Å². The maximum absolute atomic E-state index is 10.4. The Balaban J connectivity index is 1.69. The quantitative estimate of drug-likeness (QED) is 0.416. The first-order valence-corrected chi connectivity index (χ1v) is 11.2. The van der Waals surface area contributed by atoms with Crippen LogP contribution < -0.4 is 4.74 Å². The van der Waals surface area contributed by atoms with Gasteiger partial charge in [0, 0.05) is 20.2 Å². The molecule has 0 atom stereocenters. The second-order valence-corrected chi connectivity index (χ2v) is 8.54. The lowest BCUT2D eigenvalue weighted by atomic mass is 10.00. The molecule has 0 spiro atoms. The average Bonchev–Trinajstić information content (AvgIpc) is 3.13. The molecule has 3 aromatic rings. The minimum Gasteiger partial charge on any atom is -0.507 e. The van der Waals surface area contributed by atoms with E-state index >= 15 is 0 Å². The molecular weight excluding hydrogens is 424 g/mol. The minimum atomic E-state index is 0.184. The van der Waals surface area contributed by atoms with Crippen molar-refractivity contribution in [3.8, 4) is 22.9 Å². The van der Waals surface area contributed by atoms with Crippen LogP contribution in [0.3, 0.4) is 0 Å². The summed E-state index contributed by atoms with van der Waals surface area (Å²) in [5, 5.41) is 17.7. The largest absolute Gasteiger partial charge is 0.507 e. The number of H-pyrrole nitrogens is 1. The highest BCUT2D eigenvalue weighted by molar-refractivity contribution is 7.71. The van der Waals surface area contributed by atoms with Crippen molar-refractivity contribution in [2.45, 2.75) is 26.3 Å². The molecule has 0 saturated heterocycles. The van der Waals surface area contributed by atoms with Crippen molar-refractivity contribution in [2.24, 2.45) is 0 Å². The van der Waals surface area contributed by atoms with Crippen LogP contribution in [-0.2, 0) is 11.3 Å². The molecule has 172 valence electrons. The number of nitrogens with zero attached hydrogens (tertiary/aromatic N) is 3. The second kappa shape index (κ2) is 11.3. The van der Waals surface area contributed by atoms with Gasteiger partial charge in [0.2, 0.25) is 0 Å². The first-order chi connectivity index (χ1) is 15.4. The first-order valence-electron chi connectivity index (χ1n) is 10.8. The summed E-state index contributed by atoms with van der Waals surface area (Å²) in [7, 11) is 3.75. The highest BCUT2D eigenvalue weighted by atomic mass is 32.1. The van der Waals surface area contributed by atoms with Crippen LogP contribution >= 0.6 is 12.2 Å². The van der Waals surface area contributed by atoms with Crippen molar-refractivity contribution < 1.29 is 14.6 Å². The summed E-state index contributed by atoms with van der Waals surface area (Å²) < 4.78 is 13.3. The summed E-state index contributed by atoms with van der Waals surface area (Å²) in [6.45, 7) is 7.81. The highest BCUT2D eigenvalue weighted by Crippen LogP contribution is 2.31. The van der Waals surface area contributed by atoms with E-state index in [0.717, 1.165) is 30.0 Å². The number of phenols is 1. The van der Waals surface area contributed by atoms with E-state index in [1.807, 2.05) is 48.0 Å². The average molecular weight is 457 g/mol. The summed E-state index contributed by atoms with van der Waals surface area (Å²) in [6, 6.07) is 13.6. The van der Waals surface area contributed by atoms with Gasteiger partial charge in [-0.2, -0.15) is 5.10 Å². The Labute approximate surface area is 194 Å². The normalized spacial score (nSPS) is 11.4. The number of aromatic nitrogens is 3. The van der Waals surface area contributed by atoms with Gasteiger partial charge in [-0.25, -0.2) is 0 Å². The van der Waals surface area contributed by atoms with E-state index in [4.69, 9.17) is 21.7 Å². The zero-order valence-corrected chi connectivity index (χ0v) is 20.0. The summed E-state index contributed by atoms with van der Waals surface area (Å²) in [4.78, 5) is 2.17. The topological polar surface area (TPSA) is 75.5 Å². The van der Waals surface area contributed by atoms with Crippen molar-refractivity contribution >= 4 is 12.2 Å². The van der Waals surface area contributed by atoms with Crippen LogP contribution in [0.1, 0.15) is 30.9 Å². The molecule has 0 aliphatic heterocycles. The fraction of sp³-hybridized carbons (Fsp3) is 0.417. The Kier molecular flexibility index (Phi) is 8.44. The molecule has 2 N–H and O–H groups in total. The Morgan fingerprint density at radius 1 is 1.12 bits per heavy atom. The number of phenolic OH excluding ortho intramolecular Hbond substituents is 1. The summed E-state index contributed by atoms with van der Waals surface area (Å²) in [6.07, 6.45) is 0. The van der Waals surface area contributed by atoms with Gasteiger partial charge in [0.1, 0.15) is 18.1 Å². The molecule has 0 aliphatic rings. The van der Waals surface area contributed by atoms with Crippen LogP contribution in [0.5, 0.6) is 11.5 Å². The Hall–Kier alpha value is -2.68. The van der Waals surface area contributed by atoms with Crippen LogP contribution in [0.15, 0.2) is 42.5 Å². The van der Waals surface area contributed by atoms with Gasteiger partial charge in [-0.1, -0.05) is 32.0 Å². The number of nitrogens with one attached hydrogen (secondary N) is 1. The maximum atomic E-state index is 10.4. The number of aromatic hydroxyl groups is 1. The van der Waals surface area contributed by atoms with Crippen molar-refractivity contribution in [3.05, 3.63) is 58.4 Å². The molecule has 0 aliphatic carbocycles. The zero-order valence-electron chi connectivity index (χ0n) is 19.2. The van der Waals surface area contributed by atoms with E-state index in [2.05, 4.69) is 28.9 Å². The third-order valence-electron chi connectivity index (χ3n) is 5.37. The maximum Gasteiger partial charge on any atom is 0.195 e. The van der Waals surface area contributed by atoms with E-state index < -0.39 is 0 Å². The Morgan fingerprint density at radius 3 is 2.53 bits per heavy atom. The van der Waals surface area contributed by atoms with E-state index in [9.17, 15) is 5.11 Å². The van der Waals surface area contributed by atoms with E-state index in [1.54, 1.807) is 13.2 Å². The lowest BCUT2D eigenvalue weighted by Crippen LogP contribution is -2.27. The van der Waals surface area contributed by atoms with E-state index in [0.29, 0.717) is 41.8 Å². The minimum absolute atomic E-state index is 0.184. The summed E-state index contributed by atoms with van der Waals surface area (Å²) in [5.41, 5.74) is 2.86. The van der Waals surface area contributed by atoms with Gasteiger partial charge in [0.05, 0.1) is 18.7 Å². The number of ether oxygens (including phenoxy) is 2. The molecule has 0 fully saturated rings. The smallest absolute Gasteiger partial charge is 0.195 e. The fourth-order valence-electron chi connectivity index (χ4n) is 3.31.